The maximum atomic E-state index is 12.3. The van der Waals surface area contributed by atoms with E-state index in [0.29, 0.717) is 15.6 Å². The molecule has 0 aliphatic carbocycles. The van der Waals surface area contributed by atoms with Gasteiger partial charge < -0.3 is 15.3 Å². The van der Waals surface area contributed by atoms with Crippen LogP contribution in [0.15, 0.2) is 34.8 Å². The summed E-state index contributed by atoms with van der Waals surface area (Å²) >= 11 is 3.22. The minimum absolute atomic E-state index is 0.0944. The number of rotatable bonds is 2. The molecule has 0 aliphatic heterocycles. The Morgan fingerprint density at radius 3 is 2.32 bits per heavy atom. The third-order valence-electron chi connectivity index (χ3n) is 2.77. The standard InChI is InChI=1S/C14H11BrO4/c1-7-4-9(10(15)6-12(7)17)14(19)8-2-3-11(16)13(18)5-8/h2-6,16-18H,1H3. The maximum absolute atomic E-state index is 12.3. The van der Waals surface area contributed by atoms with Gasteiger partial charge >= 0.3 is 0 Å². The van der Waals surface area contributed by atoms with E-state index in [4.69, 9.17) is 0 Å². The summed E-state index contributed by atoms with van der Waals surface area (Å²) in [5.74, 6) is -0.850. The van der Waals surface area contributed by atoms with Gasteiger partial charge in [0.15, 0.2) is 17.3 Å². The predicted molar refractivity (Wildman–Crippen MR) is 73.7 cm³/mol. The summed E-state index contributed by atoms with van der Waals surface area (Å²) in [6.07, 6.45) is 0. The summed E-state index contributed by atoms with van der Waals surface area (Å²) in [7, 11) is 0. The molecule has 2 aromatic carbocycles. The summed E-state index contributed by atoms with van der Waals surface area (Å²) in [5, 5.41) is 28.2. The van der Waals surface area contributed by atoms with E-state index in [1.807, 2.05) is 0 Å². The van der Waals surface area contributed by atoms with Gasteiger partial charge in [-0.2, -0.15) is 0 Å². The molecule has 0 unspecified atom stereocenters. The highest BCUT2D eigenvalue weighted by molar-refractivity contribution is 9.10. The van der Waals surface area contributed by atoms with Crippen LogP contribution in [0.5, 0.6) is 17.2 Å². The molecule has 0 spiro atoms. The van der Waals surface area contributed by atoms with Gasteiger partial charge in [0.05, 0.1) is 0 Å². The highest BCUT2D eigenvalue weighted by Crippen LogP contribution is 2.30. The van der Waals surface area contributed by atoms with Gasteiger partial charge in [-0.25, -0.2) is 0 Å². The summed E-state index contributed by atoms with van der Waals surface area (Å²) in [6, 6.07) is 6.89. The van der Waals surface area contributed by atoms with Crippen LogP contribution in [-0.2, 0) is 0 Å². The van der Waals surface area contributed by atoms with E-state index in [1.165, 1.54) is 24.3 Å². The number of halogens is 1. The van der Waals surface area contributed by atoms with Crippen molar-refractivity contribution in [3.05, 3.63) is 51.5 Å². The van der Waals surface area contributed by atoms with Crippen LogP contribution in [0.1, 0.15) is 21.5 Å². The molecule has 98 valence electrons. The van der Waals surface area contributed by atoms with Crippen molar-refractivity contribution in [2.75, 3.05) is 0 Å². The number of ketones is 1. The molecule has 0 radical (unpaired) electrons. The van der Waals surface area contributed by atoms with E-state index in [0.717, 1.165) is 0 Å². The Labute approximate surface area is 118 Å². The quantitative estimate of drug-likeness (QED) is 0.586. The number of aryl methyl sites for hydroxylation is 1. The third kappa shape index (κ3) is 2.56. The summed E-state index contributed by atoms with van der Waals surface area (Å²) in [6.45, 7) is 1.69. The summed E-state index contributed by atoms with van der Waals surface area (Å²) in [4.78, 5) is 12.3. The fourth-order valence-electron chi connectivity index (χ4n) is 1.67. The van der Waals surface area contributed by atoms with Gasteiger partial charge in [0.1, 0.15) is 5.75 Å². The Kier molecular flexibility index (Phi) is 3.48. The molecule has 5 heteroatoms. The Bertz CT molecular complexity index is 665. The Hall–Kier alpha value is -2.01. The number of phenolic OH excluding ortho intramolecular Hbond substituents is 3. The van der Waals surface area contributed by atoms with Gasteiger partial charge in [0.25, 0.3) is 0 Å². The lowest BCUT2D eigenvalue weighted by molar-refractivity contribution is 0.103. The number of phenols is 3. The SMILES string of the molecule is Cc1cc(C(=O)c2ccc(O)c(O)c2)c(Br)cc1O. The van der Waals surface area contributed by atoms with Gasteiger partial charge in [0, 0.05) is 15.6 Å². The summed E-state index contributed by atoms with van der Waals surface area (Å²) < 4.78 is 0.466. The Morgan fingerprint density at radius 2 is 1.68 bits per heavy atom. The molecule has 19 heavy (non-hydrogen) atoms. The van der Waals surface area contributed by atoms with E-state index < -0.39 is 0 Å². The van der Waals surface area contributed by atoms with E-state index in [-0.39, 0.29) is 28.6 Å². The van der Waals surface area contributed by atoms with Crippen LogP contribution in [0.2, 0.25) is 0 Å². The first-order chi connectivity index (χ1) is 8.90. The minimum atomic E-state index is -0.350. The molecule has 0 heterocycles. The molecule has 0 atom stereocenters. The molecule has 2 aromatic rings. The molecule has 3 N–H and O–H groups in total. The van der Waals surface area contributed by atoms with Crippen LogP contribution in [0.4, 0.5) is 0 Å². The van der Waals surface area contributed by atoms with Crippen LogP contribution in [0.25, 0.3) is 0 Å². The largest absolute Gasteiger partial charge is 0.508 e. The smallest absolute Gasteiger partial charge is 0.194 e. The second kappa shape index (κ2) is 4.93. The lowest BCUT2D eigenvalue weighted by Gasteiger charge is -2.08. The van der Waals surface area contributed by atoms with Crippen LogP contribution in [-0.4, -0.2) is 21.1 Å². The van der Waals surface area contributed by atoms with Crippen LogP contribution in [0.3, 0.4) is 0 Å². The second-order valence-electron chi connectivity index (χ2n) is 4.15. The van der Waals surface area contributed by atoms with Crippen molar-refractivity contribution in [2.24, 2.45) is 0 Å². The van der Waals surface area contributed by atoms with Crippen molar-refractivity contribution in [2.45, 2.75) is 6.92 Å². The van der Waals surface area contributed by atoms with Crippen molar-refractivity contribution in [1.82, 2.24) is 0 Å². The van der Waals surface area contributed by atoms with Gasteiger partial charge in [-0.1, -0.05) is 0 Å². The third-order valence-corrected chi connectivity index (χ3v) is 3.42. The zero-order valence-electron chi connectivity index (χ0n) is 10.0. The molecule has 2 rings (SSSR count). The highest BCUT2D eigenvalue weighted by Gasteiger charge is 2.16. The fourth-order valence-corrected chi connectivity index (χ4v) is 2.18. The van der Waals surface area contributed by atoms with E-state index in [1.54, 1.807) is 13.0 Å². The first-order valence-electron chi connectivity index (χ1n) is 5.46. The monoisotopic (exact) mass is 322 g/mol. The van der Waals surface area contributed by atoms with E-state index in [2.05, 4.69) is 15.9 Å². The average molecular weight is 323 g/mol. The fraction of sp³-hybridized carbons (Fsp3) is 0.0714. The molecular formula is C14H11BrO4. The Morgan fingerprint density at radius 1 is 1.00 bits per heavy atom. The zero-order chi connectivity index (χ0) is 14.2. The normalized spacial score (nSPS) is 10.4. The minimum Gasteiger partial charge on any atom is -0.508 e. The van der Waals surface area contributed by atoms with Crippen molar-refractivity contribution in [3.63, 3.8) is 0 Å². The average Bonchev–Trinajstić information content (AvgIpc) is 2.36. The van der Waals surface area contributed by atoms with Crippen molar-refractivity contribution >= 4 is 21.7 Å². The number of hydrogen-bond donors (Lipinski definition) is 3. The second-order valence-corrected chi connectivity index (χ2v) is 5.01. The molecule has 0 saturated carbocycles. The highest BCUT2D eigenvalue weighted by atomic mass is 79.9. The first kappa shape index (κ1) is 13.4. The molecule has 0 bridgehead atoms. The molecule has 4 nitrogen and oxygen atoms in total. The van der Waals surface area contributed by atoms with Gasteiger partial charge in [-0.05, 0) is 58.7 Å². The van der Waals surface area contributed by atoms with Crippen LogP contribution < -0.4 is 0 Å². The number of hydrogen-bond acceptors (Lipinski definition) is 4. The topological polar surface area (TPSA) is 77.8 Å². The van der Waals surface area contributed by atoms with Crippen molar-refractivity contribution in [3.8, 4) is 17.2 Å². The molecule has 0 amide bonds. The van der Waals surface area contributed by atoms with Crippen LogP contribution in [0, 0.1) is 6.92 Å². The lowest BCUT2D eigenvalue weighted by atomic mass is 10.0. The number of aromatic hydroxyl groups is 3. The number of carbonyl (C=O) groups excluding carboxylic acids is 1. The van der Waals surface area contributed by atoms with Gasteiger partial charge in [-0.15, -0.1) is 0 Å². The lowest BCUT2D eigenvalue weighted by Crippen LogP contribution is -2.02. The molecule has 0 fully saturated rings. The van der Waals surface area contributed by atoms with Crippen LogP contribution >= 0.6 is 15.9 Å². The van der Waals surface area contributed by atoms with Crippen molar-refractivity contribution < 1.29 is 20.1 Å². The molecular weight excluding hydrogens is 312 g/mol. The van der Waals surface area contributed by atoms with Crippen molar-refractivity contribution in [1.29, 1.82) is 0 Å². The molecule has 0 aromatic heterocycles. The number of carbonyl (C=O) groups is 1. The molecule has 0 aliphatic rings. The van der Waals surface area contributed by atoms with Gasteiger partial charge in [-0.3, -0.25) is 4.79 Å². The molecule has 0 saturated heterocycles. The summed E-state index contributed by atoms with van der Waals surface area (Å²) in [5.41, 5.74) is 1.20. The van der Waals surface area contributed by atoms with E-state index >= 15 is 0 Å². The van der Waals surface area contributed by atoms with Gasteiger partial charge in [0.2, 0.25) is 0 Å². The first-order valence-corrected chi connectivity index (χ1v) is 6.25. The number of benzene rings is 2. The predicted octanol–water partition coefficient (Wildman–Crippen LogP) is 3.11. The van der Waals surface area contributed by atoms with E-state index in [9.17, 15) is 20.1 Å². The zero-order valence-corrected chi connectivity index (χ0v) is 11.6. The Balaban J connectivity index is 2.49. The maximum Gasteiger partial charge on any atom is 0.194 e.